The van der Waals surface area contributed by atoms with Crippen LogP contribution >= 0.6 is 0 Å². The lowest BCUT2D eigenvalue weighted by Gasteiger charge is -2.21. The number of rotatable bonds is 5. The summed E-state index contributed by atoms with van der Waals surface area (Å²) in [7, 11) is 0. The van der Waals surface area contributed by atoms with Crippen molar-refractivity contribution in [1.29, 1.82) is 0 Å². The van der Waals surface area contributed by atoms with Gasteiger partial charge in [0.2, 0.25) is 0 Å². The summed E-state index contributed by atoms with van der Waals surface area (Å²) in [6, 6.07) is 5.22. The summed E-state index contributed by atoms with van der Waals surface area (Å²) in [5.74, 6) is 0.887. The molecule has 2 heterocycles. The van der Waals surface area contributed by atoms with E-state index in [-0.39, 0.29) is 12.5 Å². The normalized spacial score (nSPS) is 14.0. The minimum Gasteiger partial charge on any atom is -0.463 e. The van der Waals surface area contributed by atoms with E-state index in [4.69, 9.17) is 4.42 Å². The highest BCUT2D eigenvalue weighted by atomic mass is 16.4. The van der Waals surface area contributed by atoms with Crippen LogP contribution in [0.4, 0.5) is 0 Å². The Labute approximate surface area is 123 Å². The predicted octanol–water partition coefficient (Wildman–Crippen LogP) is 1.75. The number of aromatic nitrogens is 2. The van der Waals surface area contributed by atoms with Crippen LogP contribution in [0.2, 0.25) is 0 Å². The molecule has 114 valence electrons. The molecule has 0 aliphatic carbocycles. The molecule has 2 aromatic heterocycles. The maximum atomic E-state index is 12.2. The standard InChI is InChI=1S/C15H21N3O3/c1-5-18-12(8-10(2)17-18)14(19)16-9-15(4,20)13-7-6-11(3)21-13/h6-8,20H,5,9H2,1-4H3,(H,16,19)/t15-/m1/s1. The van der Waals surface area contributed by atoms with Gasteiger partial charge in [0.05, 0.1) is 12.2 Å². The van der Waals surface area contributed by atoms with Crippen molar-refractivity contribution in [2.24, 2.45) is 0 Å². The fourth-order valence-electron chi connectivity index (χ4n) is 2.12. The minimum atomic E-state index is -1.25. The van der Waals surface area contributed by atoms with Gasteiger partial charge >= 0.3 is 0 Å². The zero-order valence-electron chi connectivity index (χ0n) is 12.8. The second-order valence-corrected chi connectivity index (χ2v) is 5.35. The van der Waals surface area contributed by atoms with Crippen molar-refractivity contribution < 1.29 is 14.3 Å². The van der Waals surface area contributed by atoms with E-state index < -0.39 is 5.60 Å². The zero-order valence-corrected chi connectivity index (χ0v) is 12.8. The average molecular weight is 291 g/mol. The molecule has 0 aromatic carbocycles. The van der Waals surface area contributed by atoms with Gasteiger partial charge in [-0.3, -0.25) is 9.48 Å². The Bertz CT molecular complexity index is 640. The molecule has 1 amide bonds. The quantitative estimate of drug-likeness (QED) is 0.879. The first kappa shape index (κ1) is 15.3. The lowest BCUT2D eigenvalue weighted by molar-refractivity contribution is 0.0321. The van der Waals surface area contributed by atoms with E-state index in [9.17, 15) is 9.90 Å². The van der Waals surface area contributed by atoms with E-state index in [0.29, 0.717) is 18.0 Å². The second-order valence-electron chi connectivity index (χ2n) is 5.35. The van der Waals surface area contributed by atoms with Crippen molar-refractivity contribution in [3.05, 3.63) is 41.1 Å². The smallest absolute Gasteiger partial charge is 0.269 e. The summed E-state index contributed by atoms with van der Waals surface area (Å²) in [5.41, 5.74) is 0.0209. The van der Waals surface area contributed by atoms with Crippen LogP contribution in [-0.2, 0) is 12.1 Å². The maximum absolute atomic E-state index is 12.2. The molecular formula is C15H21N3O3. The lowest BCUT2D eigenvalue weighted by Crippen LogP contribution is -2.39. The molecule has 0 spiro atoms. The molecule has 0 aliphatic rings. The van der Waals surface area contributed by atoms with E-state index in [1.54, 1.807) is 36.7 Å². The van der Waals surface area contributed by atoms with Crippen LogP contribution in [0.5, 0.6) is 0 Å². The molecule has 21 heavy (non-hydrogen) atoms. The number of carbonyl (C=O) groups excluding carboxylic acids is 1. The van der Waals surface area contributed by atoms with Crippen molar-refractivity contribution in [2.45, 2.75) is 39.8 Å². The summed E-state index contributed by atoms with van der Waals surface area (Å²) in [6.07, 6.45) is 0. The Kier molecular flexibility index (Phi) is 4.18. The maximum Gasteiger partial charge on any atom is 0.269 e. The monoisotopic (exact) mass is 291 g/mol. The van der Waals surface area contributed by atoms with Crippen LogP contribution in [0.3, 0.4) is 0 Å². The Balaban J connectivity index is 2.06. The van der Waals surface area contributed by atoms with E-state index in [1.165, 1.54) is 0 Å². The van der Waals surface area contributed by atoms with Crippen LogP contribution in [-0.4, -0.2) is 27.3 Å². The number of nitrogens with zero attached hydrogens (tertiary/aromatic N) is 2. The fourth-order valence-corrected chi connectivity index (χ4v) is 2.12. The van der Waals surface area contributed by atoms with Crippen molar-refractivity contribution >= 4 is 5.91 Å². The van der Waals surface area contributed by atoms with Crippen molar-refractivity contribution in [2.75, 3.05) is 6.54 Å². The number of carbonyl (C=O) groups is 1. The first-order valence-electron chi connectivity index (χ1n) is 6.95. The van der Waals surface area contributed by atoms with Gasteiger partial charge in [0.1, 0.15) is 22.8 Å². The van der Waals surface area contributed by atoms with Crippen LogP contribution in [0.25, 0.3) is 0 Å². The van der Waals surface area contributed by atoms with Gasteiger partial charge in [-0.2, -0.15) is 5.10 Å². The fraction of sp³-hybridized carbons (Fsp3) is 0.467. The number of furan rings is 1. The summed E-state index contributed by atoms with van der Waals surface area (Å²) in [5, 5.41) is 17.4. The molecule has 2 aromatic rings. The van der Waals surface area contributed by atoms with Gasteiger partial charge in [0.15, 0.2) is 0 Å². The molecule has 6 heteroatoms. The highest BCUT2D eigenvalue weighted by Gasteiger charge is 2.28. The lowest BCUT2D eigenvalue weighted by atomic mass is 10.0. The number of nitrogens with one attached hydrogen (secondary N) is 1. The third-order valence-electron chi connectivity index (χ3n) is 3.30. The minimum absolute atomic E-state index is 0.0622. The summed E-state index contributed by atoms with van der Waals surface area (Å²) in [4.78, 5) is 12.2. The van der Waals surface area contributed by atoms with Gasteiger partial charge in [-0.25, -0.2) is 0 Å². The first-order chi connectivity index (χ1) is 9.83. The van der Waals surface area contributed by atoms with Crippen molar-refractivity contribution in [1.82, 2.24) is 15.1 Å². The third-order valence-corrected chi connectivity index (χ3v) is 3.30. The van der Waals surface area contributed by atoms with Gasteiger partial charge < -0.3 is 14.8 Å². The highest BCUT2D eigenvalue weighted by molar-refractivity contribution is 5.92. The highest BCUT2D eigenvalue weighted by Crippen LogP contribution is 2.22. The Morgan fingerprint density at radius 3 is 2.76 bits per heavy atom. The molecule has 0 saturated heterocycles. The Morgan fingerprint density at radius 1 is 1.48 bits per heavy atom. The van der Waals surface area contributed by atoms with Gasteiger partial charge in [-0.05, 0) is 45.9 Å². The number of hydrogen-bond acceptors (Lipinski definition) is 4. The Morgan fingerprint density at radius 2 is 2.19 bits per heavy atom. The molecule has 0 unspecified atom stereocenters. The number of amides is 1. The van der Waals surface area contributed by atoms with E-state index >= 15 is 0 Å². The SMILES string of the molecule is CCn1nc(C)cc1C(=O)NC[C@@](C)(O)c1ccc(C)o1. The first-order valence-corrected chi connectivity index (χ1v) is 6.95. The molecule has 0 saturated carbocycles. The summed E-state index contributed by atoms with van der Waals surface area (Å²) in [6.45, 7) is 7.85. The average Bonchev–Trinajstić information content (AvgIpc) is 3.02. The van der Waals surface area contributed by atoms with E-state index in [0.717, 1.165) is 11.5 Å². The van der Waals surface area contributed by atoms with Crippen LogP contribution in [0.1, 0.15) is 41.6 Å². The Hall–Kier alpha value is -2.08. The summed E-state index contributed by atoms with van der Waals surface area (Å²) < 4.78 is 7.05. The van der Waals surface area contributed by atoms with Gasteiger partial charge in [0, 0.05) is 6.54 Å². The zero-order chi connectivity index (χ0) is 15.6. The molecule has 0 bridgehead atoms. The number of aliphatic hydroxyl groups is 1. The van der Waals surface area contributed by atoms with Gasteiger partial charge in [0.25, 0.3) is 5.91 Å². The summed E-state index contributed by atoms with van der Waals surface area (Å²) >= 11 is 0. The van der Waals surface area contributed by atoms with E-state index in [1.807, 2.05) is 13.8 Å². The van der Waals surface area contributed by atoms with Gasteiger partial charge in [-0.15, -0.1) is 0 Å². The van der Waals surface area contributed by atoms with Crippen LogP contribution < -0.4 is 5.32 Å². The predicted molar refractivity (Wildman–Crippen MR) is 78.0 cm³/mol. The molecule has 0 radical (unpaired) electrons. The van der Waals surface area contributed by atoms with Gasteiger partial charge in [-0.1, -0.05) is 0 Å². The van der Waals surface area contributed by atoms with E-state index in [2.05, 4.69) is 10.4 Å². The molecule has 0 aliphatic heterocycles. The molecular weight excluding hydrogens is 270 g/mol. The van der Waals surface area contributed by atoms with Crippen LogP contribution in [0, 0.1) is 13.8 Å². The third kappa shape index (κ3) is 3.33. The topological polar surface area (TPSA) is 80.3 Å². The largest absolute Gasteiger partial charge is 0.463 e. The molecule has 2 N–H and O–H groups in total. The van der Waals surface area contributed by atoms with Crippen molar-refractivity contribution in [3.8, 4) is 0 Å². The second kappa shape index (κ2) is 5.73. The molecule has 0 fully saturated rings. The molecule has 1 atom stereocenters. The van der Waals surface area contributed by atoms with Crippen LogP contribution in [0.15, 0.2) is 22.6 Å². The number of aryl methyl sites for hydroxylation is 3. The number of hydrogen-bond donors (Lipinski definition) is 2. The van der Waals surface area contributed by atoms with Crippen molar-refractivity contribution in [3.63, 3.8) is 0 Å². The molecule has 2 rings (SSSR count). The molecule has 6 nitrogen and oxygen atoms in total.